The van der Waals surface area contributed by atoms with Gasteiger partial charge in [-0.05, 0) is 13.0 Å². The van der Waals surface area contributed by atoms with Crippen LogP contribution in [0, 0.1) is 6.92 Å². The van der Waals surface area contributed by atoms with E-state index in [0.717, 1.165) is 0 Å². The van der Waals surface area contributed by atoms with E-state index in [2.05, 4.69) is 4.98 Å². The van der Waals surface area contributed by atoms with Crippen molar-refractivity contribution in [3.8, 4) is 0 Å². The number of amides is 1. The van der Waals surface area contributed by atoms with Gasteiger partial charge in [0.2, 0.25) is 0 Å². The Morgan fingerprint density at radius 1 is 1.54 bits per heavy atom. The van der Waals surface area contributed by atoms with E-state index in [-0.39, 0.29) is 5.91 Å². The number of pyridine rings is 1. The molecule has 0 saturated heterocycles. The molecule has 0 bridgehead atoms. The van der Waals surface area contributed by atoms with Gasteiger partial charge in [-0.3, -0.25) is 9.78 Å². The molecule has 1 heterocycles. The van der Waals surface area contributed by atoms with Crippen molar-refractivity contribution in [1.82, 2.24) is 9.88 Å². The first-order valence-electron chi connectivity index (χ1n) is 3.86. The molecule has 70 valence electrons. The van der Waals surface area contributed by atoms with Gasteiger partial charge in [-0.1, -0.05) is 11.6 Å². The summed E-state index contributed by atoms with van der Waals surface area (Å²) < 4.78 is 0. The third kappa shape index (κ3) is 2.18. The fourth-order valence-corrected chi connectivity index (χ4v) is 1.12. The Bertz CT molecular complexity index is 336. The summed E-state index contributed by atoms with van der Waals surface area (Å²) in [6, 6.07) is 1.63. The second-order valence-electron chi connectivity index (χ2n) is 2.99. The van der Waals surface area contributed by atoms with Crippen LogP contribution in [0.3, 0.4) is 0 Å². The average molecular weight is 199 g/mol. The molecular formula is C9H11ClN2O. The molecule has 0 aliphatic heterocycles. The zero-order chi connectivity index (χ0) is 10.0. The van der Waals surface area contributed by atoms with Crippen LogP contribution in [-0.2, 0) is 0 Å². The summed E-state index contributed by atoms with van der Waals surface area (Å²) in [7, 11) is 3.39. The Labute approximate surface area is 82.3 Å². The molecule has 0 radical (unpaired) electrons. The lowest BCUT2D eigenvalue weighted by Crippen LogP contribution is -2.22. The standard InChI is InChI=1S/C9H11ClN2O/c1-6-8(9(13)12(2)3)4-7(10)5-11-6/h4-5H,1-3H3. The number of aryl methyl sites for hydroxylation is 1. The van der Waals surface area contributed by atoms with Crippen molar-refractivity contribution in [3.63, 3.8) is 0 Å². The maximum absolute atomic E-state index is 11.5. The molecule has 0 unspecified atom stereocenters. The molecule has 1 rings (SSSR count). The van der Waals surface area contributed by atoms with E-state index in [1.165, 1.54) is 11.1 Å². The second kappa shape index (κ2) is 3.75. The predicted octanol–water partition coefficient (Wildman–Crippen LogP) is 1.75. The summed E-state index contributed by atoms with van der Waals surface area (Å²) in [4.78, 5) is 17.0. The van der Waals surface area contributed by atoms with Gasteiger partial charge in [0.25, 0.3) is 5.91 Å². The highest BCUT2D eigenvalue weighted by atomic mass is 35.5. The van der Waals surface area contributed by atoms with E-state index in [0.29, 0.717) is 16.3 Å². The second-order valence-corrected chi connectivity index (χ2v) is 3.42. The summed E-state index contributed by atoms with van der Waals surface area (Å²) in [5.41, 5.74) is 1.25. The topological polar surface area (TPSA) is 33.2 Å². The fourth-order valence-electron chi connectivity index (χ4n) is 0.965. The molecule has 0 aliphatic rings. The lowest BCUT2D eigenvalue weighted by atomic mass is 10.2. The summed E-state index contributed by atoms with van der Waals surface area (Å²) in [6.45, 7) is 1.78. The minimum Gasteiger partial charge on any atom is -0.345 e. The van der Waals surface area contributed by atoms with Gasteiger partial charge in [-0.15, -0.1) is 0 Å². The summed E-state index contributed by atoms with van der Waals surface area (Å²) in [6.07, 6.45) is 1.53. The van der Waals surface area contributed by atoms with Crippen LogP contribution in [-0.4, -0.2) is 29.9 Å². The number of hydrogen-bond acceptors (Lipinski definition) is 2. The van der Waals surface area contributed by atoms with Gasteiger partial charge in [0, 0.05) is 20.3 Å². The van der Waals surface area contributed by atoms with Gasteiger partial charge in [-0.25, -0.2) is 0 Å². The van der Waals surface area contributed by atoms with Gasteiger partial charge in [0.15, 0.2) is 0 Å². The quantitative estimate of drug-likeness (QED) is 0.689. The number of aromatic nitrogens is 1. The van der Waals surface area contributed by atoms with Crippen molar-refractivity contribution in [2.75, 3.05) is 14.1 Å². The minimum absolute atomic E-state index is 0.0764. The third-order valence-electron chi connectivity index (χ3n) is 1.69. The molecule has 1 amide bonds. The molecule has 0 atom stereocenters. The number of hydrogen-bond donors (Lipinski definition) is 0. The normalized spacial score (nSPS) is 9.85. The zero-order valence-corrected chi connectivity index (χ0v) is 8.59. The van der Waals surface area contributed by atoms with Crippen LogP contribution in [0.5, 0.6) is 0 Å². The average Bonchev–Trinajstić information content (AvgIpc) is 2.08. The minimum atomic E-state index is -0.0764. The Balaban J connectivity index is 3.13. The third-order valence-corrected chi connectivity index (χ3v) is 1.90. The molecule has 0 saturated carbocycles. The van der Waals surface area contributed by atoms with E-state index < -0.39 is 0 Å². The molecule has 1 aromatic rings. The smallest absolute Gasteiger partial charge is 0.255 e. The maximum atomic E-state index is 11.5. The molecule has 3 nitrogen and oxygen atoms in total. The highest BCUT2D eigenvalue weighted by molar-refractivity contribution is 6.30. The molecule has 4 heteroatoms. The van der Waals surface area contributed by atoms with Gasteiger partial charge in [-0.2, -0.15) is 0 Å². The first-order chi connectivity index (χ1) is 6.02. The lowest BCUT2D eigenvalue weighted by molar-refractivity contribution is 0.0826. The first kappa shape index (κ1) is 9.99. The van der Waals surface area contributed by atoms with Crippen LogP contribution in [0.4, 0.5) is 0 Å². The molecular weight excluding hydrogens is 188 g/mol. The number of halogens is 1. The van der Waals surface area contributed by atoms with Crippen LogP contribution >= 0.6 is 11.6 Å². The van der Waals surface area contributed by atoms with Gasteiger partial charge in [0.1, 0.15) is 0 Å². The van der Waals surface area contributed by atoms with Gasteiger partial charge < -0.3 is 4.90 Å². The molecule has 0 spiro atoms. The number of carbonyl (C=O) groups excluding carboxylic acids is 1. The van der Waals surface area contributed by atoms with E-state index in [4.69, 9.17) is 11.6 Å². The Morgan fingerprint density at radius 2 is 2.15 bits per heavy atom. The molecule has 0 N–H and O–H groups in total. The Hall–Kier alpha value is -1.09. The summed E-state index contributed by atoms with van der Waals surface area (Å²) in [5, 5.41) is 0.482. The summed E-state index contributed by atoms with van der Waals surface area (Å²) >= 11 is 5.73. The van der Waals surface area contributed by atoms with E-state index >= 15 is 0 Å². The largest absolute Gasteiger partial charge is 0.345 e. The van der Waals surface area contributed by atoms with Crippen LogP contribution in [0.2, 0.25) is 5.02 Å². The monoisotopic (exact) mass is 198 g/mol. The van der Waals surface area contributed by atoms with Crippen molar-refractivity contribution in [3.05, 3.63) is 28.5 Å². The Morgan fingerprint density at radius 3 is 2.69 bits per heavy atom. The number of nitrogens with zero attached hydrogens (tertiary/aromatic N) is 2. The van der Waals surface area contributed by atoms with Crippen LogP contribution in [0.1, 0.15) is 16.1 Å². The van der Waals surface area contributed by atoms with E-state index in [1.54, 1.807) is 27.1 Å². The lowest BCUT2D eigenvalue weighted by Gasteiger charge is -2.11. The molecule has 1 aromatic heterocycles. The van der Waals surface area contributed by atoms with Crippen LogP contribution in [0.25, 0.3) is 0 Å². The van der Waals surface area contributed by atoms with Crippen LogP contribution < -0.4 is 0 Å². The molecule has 13 heavy (non-hydrogen) atoms. The van der Waals surface area contributed by atoms with E-state index in [9.17, 15) is 4.79 Å². The highest BCUT2D eigenvalue weighted by Crippen LogP contribution is 2.13. The SMILES string of the molecule is Cc1ncc(Cl)cc1C(=O)N(C)C. The number of carbonyl (C=O) groups is 1. The van der Waals surface area contributed by atoms with Crippen molar-refractivity contribution >= 4 is 17.5 Å². The molecule has 0 aromatic carbocycles. The number of rotatable bonds is 1. The van der Waals surface area contributed by atoms with E-state index in [1.807, 2.05) is 0 Å². The molecule has 0 aliphatic carbocycles. The zero-order valence-electron chi connectivity index (χ0n) is 7.84. The van der Waals surface area contributed by atoms with Crippen LogP contribution in [0.15, 0.2) is 12.3 Å². The highest BCUT2D eigenvalue weighted by Gasteiger charge is 2.11. The van der Waals surface area contributed by atoms with Crippen molar-refractivity contribution in [1.29, 1.82) is 0 Å². The van der Waals surface area contributed by atoms with Crippen molar-refractivity contribution in [2.45, 2.75) is 6.92 Å². The van der Waals surface area contributed by atoms with Crippen molar-refractivity contribution < 1.29 is 4.79 Å². The maximum Gasteiger partial charge on any atom is 0.255 e. The van der Waals surface area contributed by atoms with Gasteiger partial charge in [0.05, 0.1) is 16.3 Å². The van der Waals surface area contributed by atoms with Crippen molar-refractivity contribution in [2.24, 2.45) is 0 Å². The first-order valence-corrected chi connectivity index (χ1v) is 4.24. The Kier molecular flexibility index (Phi) is 2.88. The fraction of sp³-hybridized carbons (Fsp3) is 0.333. The van der Waals surface area contributed by atoms with Gasteiger partial charge >= 0.3 is 0 Å². The summed E-state index contributed by atoms with van der Waals surface area (Å²) in [5.74, 6) is -0.0764. The predicted molar refractivity (Wildman–Crippen MR) is 52.0 cm³/mol. The molecule has 0 fully saturated rings.